The van der Waals surface area contributed by atoms with Crippen LogP contribution in [0, 0.1) is 5.41 Å². The van der Waals surface area contributed by atoms with Crippen LogP contribution in [0.15, 0.2) is 18.5 Å². The Hall–Kier alpha value is -1.49. The number of hydrazine groups is 1. The molecule has 0 fully saturated rings. The third-order valence-corrected chi connectivity index (χ3v) is 1.63. The van der Waals surface area contributed by atoms with Crippen molar-refractivity contribution in [3.63, 3.8) is 0 Å². The van der Waals surface area contributed by atoms with Gasteiger partial charge in [-0.2, -0.15) is 0 Å². The minimum atomic E-state index is -0.534. The van der Waals surface area contributed by atoms with Crippen LogP contribution < -0.4 is 10.9 Å². The molecule has 0 atom stereocenters. The Bertz CT molecular complexity index is 317. The Morgan fingerprint density at radius 1 is 1.36 bits per heavy atom. The Balaban J connectivity index is 2.87. The highest BCUT2D eigenvalue weighted by Crippen LogP contribution is 2.17. The summed E-state index contributed by atoms with van der Waals surface area (Å²) in [7, 11) is 0. The highest BCUT2D eigenvalue weighted by Gasteiger charge is 2.27. The Labute approximate surface area is 82.9 Å². The standard InChI is InChI=1S/C9H14N4O/c1-9(2,3)7(14)13(10)8-11-5-4-6-12-8/h4-6H,10H2,1-3H3. The van der Waals surface area contributed by atoms with Crippen molar-refractivity contribution < 1.29 is 4.79 Å². The highest BCUT2D eigenvalue weighted by atomic mass is 16.2. The van der Waals surface area contributed by atoms with Crippen molar-refractivity contribution in [2.75, 3.05) is 5.01 Å². The predicted molar refractivity (Wildman–Crippen MR) is 53.2 cm³/mol. The van der Waals surface area contributed by atoms with E-state index >= 15 is 0 Å². The summed E-state index contributed by atoms with van der Waals surface area (Å²) in [5.41, 5.74) is -0.534. The van der Waals surface area contributed by atoms with Crippen molar-refractivity contribution in [3.8, 4) is 0 Å². The monoisotopic (exact) mass is 194 g/mol. The summed E-state index contributed by atoms with van der Waals surface area (Å²) in [6, 6.07) is 1.67. The molecule has 76 valence electrons. The fourth-order valence-corrected chi connectivity index (χ4v) is 0.868. The van der Waals surface area contributed by atoms with Crippen LogP contribution in [0.1, 0.15) is 20.8 Å². The van der Waals surface area contributed by atoms with Gasteiger partial charge in [-0.25, -0.2) is 20.8 Å². The summed E-state index contributed by atoms with van der Waals surface area (Å²) in [6.07, 6.45) is 3.08. The predicted octanol–water partition coefficient (Wildman–Crippen LogP) is 0.729. The van der Waals surface area contributed by atoms with E-state index in [0.29, 0.717) is 0 Å². The third kappa shape index (κ3) is 2.26. The van der Waals surface area contributed by atoms with Gasteiger partial charge >= 0.3 is 0 Å². The number of hydrogen-bond acceptors (Lipinski definition) is 4. The zero-order valence-electron chi connectivity index (χ0n) is 8.56. The molecular formula is C9H14N4O. The average Bonchev–Trinajstić information content (AvgIpc) is 2.15. The summed E-state index contributed by atoms with van der Waals surface area (Å²) in [5, 5.41) is 0.972. The molecule has 0 aliphatic heterocycles. The molecule has 1 aromatic heterocycles. The maximum absolute atomic E-state index is 11.7. The summed E-state index contributed by atoms with van der Waals surface area (Å²) in [5.74, 6) is 5.58. The molecular weight excluding hydrogens is 180 g/mol. The number of carbonyl (C=O) groups is 1. The van der Waals surface area contributed by atoms with Gasteiger partial charge in [-0.1, -0.05) is 20.8 Å². The maximum atomic E-state index is 11.7. The van der Waals surface area contributed by atoms with Crippen LogP contribution in [0.4, 0.5) is 5.95 Å². The van der Waals surface area contributed by atoms with Gasteiger partial charge in [0.1, 0.15) is 0 Å². The van der Waals surface area contributed by atoms with Crippen molar-refractivity contribution in [2.24, 2.45) is 11.3 Å². The van der Waals surface area contributed by atoms with E-state index in [1.165, 1.54) is 12.4 Å². The molecule has 0 aliphatic rings. The van der Waals surface area contributed by atoms with E-state index in [-0.39, 0.29) is 11.9 Å². The van der Waals surface area contributed by atoms with Crippen molar-refractivity contribution in [2.45, 2.75) is 20.8 Å². The molecule has 1 heterocycles. The second-order valence-corrected chi connectivity index (χ2v) is 3.97. The average molecular weight is 194 g/mol. The van der Waals surface area contributed by atoms with Gasteiger partial charge in [0.15, 0.2) is 0 Å². The second-order valence-electron chi connectivity index (χ2n) is 3.97. The molecule has 0 saturated heterocycles. The van der Waals surface area contributed by atoms with Crippen LogP contribution in [-0.2, 0) is 4.79 Å². The van der Waals surface area contributed by atoms with E-state index in [2.05, 4.69) is 9.97 Å². The molecule has 5 nitrogen and oxygen atoms in total. The number of carbonyl (C=O) groups excluding carboxylic acids is 1. The minimum Gasteiger partial charge on any atom is -0.272 e. The number of anilines is 1. The molecule has 14 heavy (non-hydrogen) atoms. The van der Waals surface area contributed by atoms with E-state index < -0.39 is 5.41 Å². The van der Waals surface area contributed by atoms with Gasteiger partial charge in [0, 0.05) is 17.8 Å². The maximum Gasteiger partial charge on any atom is 0.249 e. The highest BCUT2D eigenvalue weighted by molar-refractivity contribution is 5.94. The smallest absolute Gasteiger partial charge is 0.249 e. The molecule has 1 aromatic rings. The molecule has 0 saturated carbocycles. The SMILES string of the molecule is CC(C)(C)C(=O)N(N)c1ncccn1. The molecule has 0 radical (unpaired) electrons. The van der Waals surface area contributed by atoms with Gasteiger partial charge in [-0.3, -0.25) is 4.79 Å². The van der Waals surface area contributed by atoms with E-state index in [9.17, 15) is 4.79 Å². The van der Waals surface area contributed by atoms with Crippen LogP contribution in [0.3, 0.4) is 0 Å². The van der Waals surface area contributed by atoms with Gasteiger partial charge in [0.25, 0.3) is 0 Å². The summed E-state index contributed by atoms with van der Waals surface area (Å²) in [4.78, 5) is 19.5. The molecule has 5 heteroatoms. The van der Waals surface area contributed by atoms with Crippen molar-refractivity contribution in [1.82, 2.24) is 9.97 Å². The topological polar surface area (TPSA) is 72.1 Å². The van der Waals surface area contributed by atoms with Crippen LogP contribution >= 0.6 is 0 Å². The van der Waals surface area contributed by atoms with E-state index in [0.717, 1.165) is 5.01 Å². The van der Waals surface area contributed by atoms with Crippen LogP contribution in [0.25, 0.3) is 0 Å². The van der Waals surface area contributed by atoms with Crippen molar-refractivity contribution >= 4 is 11.9 Å². The lowest BCUT2D eigenvalue weighted by atomic mass is 9.95. The summed E-state index contributed by atoms with van der Waals surface area (Å²) in [6.45, 7) is 5.37. The lowest BCUT2D eigenvalue weighted by Gasteiger charge is -2.23. The first-order valence-corrected chi connectivity index (χ1v) is 4.29. The number of rotatable bonds is 1. The van der Waals surface area contributed by atoms with Gasteiger partial charge in [-0.15, -0.1) is 0 Å². The van der Waals surface area contributed by atoms with Crippen LogP contribution in [0.2, 0.25) is 0 Å². The lowest BCUT2D eigenvalue weighted by molar-refractivity contribution is -0.125. The number of nitrogens with zero attached hydrogens (tertiary/aromatic N) is 3. The third-order valence-electron chi connectivity index (χ3n) is 1.63. The number of amides is 1. The Morgan fingerprint density at radius 3 is 2.29 bits per heavy atom. The summed E-state index contributed by atoms with van der Waals surface area (Å²) >= 11 is 0. The van der Waals surface area contributed by atoms with Gasteiger partial charge in [-0.05, 0) is 6.07 Å². The fraction of sp³-hybridized carbons (Fsp3) is 0.444. The Kier molecular flexibility index (Phi) is 2.81. The van der Waals surface area contributed by atoms with E-state index in [1.54, 1.807) is 26.8 Å². The van der Waals surface area contributed by atoms with Crippen LogP contribution in [0.5, 0.6) is 0 Å². The first kappa shape index (κ1) is 10.6. The molecule has 0 aromatic carbocycles. The number of hydrogen-bond donors (Lipinski definition) is 1. The number of nitrogens with two attached hydrogens (primary N) is 1. The van der Waals surface area contributed by atoms with Gasteiger partial charge in [0.05, 0.1) is 0 Å². The van der Waals surface area contributed by atoms with Gasteiger partial charge in [0.2, 0.25) is 11.9 Å². The minimum absolute atomic E-state index is 0.215. The first-order chi connectivity index (χ1) is 6.43. The molecule has 1 rings (SSSR count). The molecule has 0 spiro atoms. The van der Waals surface area contributed by atoms with Crippen LogP contribution in [-0.4, -0.2) is 15.9 Å². The second kappa shape index (κ2) is 3.71. The lowest BCUT2D eigenvalue weighted by Crippen LogP contribution is -2.45. The van der Waals surface area contributed by atoms with Gasteiger partial charge < -0.3 is 0 Å². The largest absolute Gasteiger partial charge is 0.272 e. The molecule has 0 bridgehead atoms. The Morgan fingerprint density at radius 2 is 1.86 bits per heavy atom. The molecule has 0 unspecified atom stereocenters. The van der Waals surface area contributed by atoms with Crippen molar-refractivity contribution in [3.05, 3.63) is 18.5 Å². The molecule has 2 N–H and O–H groups in total. The molecule has 1 amide bonds. The summed E-state index contributed by atoms with van der Waals surface area (Å²) < 4.78 is 0. The van der Waals surface area contributed by atoms with Crippen molar-refractivity contribution in [1.29, 1.82) is 0 Å². The zero-order chi connectivity index (χ0) is 10.8. The quantitative estimate of drug-likeness (QED) is 0.406. The fourth-order valence-electron chi connectivity index (χ4n) is 0.868. The molecule has 0 aliphatic carbocycles. The first-order valence-electron chi connectivity index (χ1n) is 4.29. The normalized spacial score (nSPS) is 11.1. The zero-order valence-corrected chi connectivity index (χ0v) is 8.56. The van der Waals surface area contributed by atoms with E-state index in [1.807, 2.05) is 0 Å². The number of aromatic nitrogens is 2. The van der Waals surface area contributed by atoms with E-state index in [4.69, 9.17) is 5.84 Å².